The third kappa shape index (κ3) is 7.30. The van der Waals surface area contributed by atoms with Crippen LogP contribution in [0.15, 0.2) is 24.8 Å². The first-order valence-electron chi connectivity index (χ1n) is 3.86. The van der Waals surface area contributed by atoms with Crippen molar-refractivity contribution in [3.05, 3.63) is 24.8 Å². The van der Waals surface area contributed by atoms with Gasteiger partial charge < -0.3 is 10.5 Å². The zero-order chi connectivity index (χ0) is 8.53. The number of rotatable bonds is 7. The first-order valence-corrected chi connectivity index (χ1v) is 3.86. The summed E-state index contributed by atoms with van der Waals surface area (Å²) in [4.78, 5) is 0. The summed E-state index contributed by atoms with van der Waals surface area (Å²) in [6.45, 7) is 9.21. The van der Waals surface area contributed by atoms with Gasteiger partial charge in [0, 0.05) is 13.2 Å². The number of allylic oxidation sites excluding steroid dienone is 1. The molecular formula is C9H17NO. The third-order valence-corrected chi connectivity index (χ3v) is 1.29. The van der Waals surface area contributed by atoms with Gasteiger partial charge in [-0.25, -0.2) is 0 Å². The molecule has 0 fully saturated rings. The van der Waals surface area contributed by atoms with Crippen molar-refractivity contribution in [3.63, 3.8) is 0 Å². The molecule has 0 radical (unpaired) electrons. The molecule has 2 nitrogen and oxygen atoms in total. The standard InChI is InChI=1S/C9H17NO/c1-3-4-5-6-11-8-9(2)7-10/h3H,1-2,4-8,10H2. The van der Waals surface area contributed by atoms with E-state index >= 15 is 0 Å². The van der Waals surface area contributed by atoms with Gasteiger partial charge in [0.15, 0.2) is 0 Å². The maximum absolute atomic E-state index is 5.32. The van der Waals surface area contributed by atoms with Crippen LogP contribution in [0.2, 0.25) is 0 Å². The fraction of sp³-hybridized carbons (Fsp3) is 0.556. The number of hydrogen-bond acceptors (Lipinski definition) is 2. The molecule has 0 spiro atoms. The Bertz CT molecular complexity index is 121. The molecule has 0 aliphatic carbocycles. The smallest absolute Gasteiger partial charge is 0.0686 e. The van der Waals surface area contributed by atoms with E-state index in [-0.39, 0.29) is 0 Å². The highest BCUT2D eigenvalue weighted by Gasteiger charge is 1.90. The predicted molar refractivity (Wildman–Crippen MR) is 48.4 cm³/mol. The van der Waals surface area contributed by atoms with Crippen molar-refractivity contribution in [2.24, 2.45) is 5.73 Å². The molecular weight excluding hydrogens is 138 g/mol. The van der Waals surface area contributed by atoms with Crippen LogP contribution in [0.5, 0.6) is 0 Å². The molecule has 0 bridgehead atoms. The molecule has 0 rings (SSSR count). The van der Waals surface area contributed by atoms with Crippen molar-refractivity contribution in [1.29, 1.82) is 0 Å². The Morgan fingerprint density at radius 1 is 1.55 bits per heavy atom. The normalized spacial score (nSPS) is 9.55. The summed E-state index contributed by atoms with van der Waals surface area (Å²) in [5, 5.41) is 0. The molecule has 0 amide bonds. The van der Waals surface area contributed by atoms with E-state index in [2.05, 4.69) is 13.2 Å². The number of nitrogens with two attached hydrogens (primary N) is 1. The van der Waals surface area contributed by atoms with Gasteiger partial charge in [-0.15, -0.1) is 6.58 Å². The molecule has 0 aliphatic rings. The molecule has 2 heteroatoms. The SMILES string of the molecule is C=CCCCOCC(=C)CN. The van der Waals surface area contributed by atoms with E-state index in [4.69, 9.17) is 10.5 Å². The largest absolute Gasteiger partial charge is 0.377 e. The van der Waals surface area contributed by atoms with Crippen LogP contribution in [0.25, 0.3) is 0 Å². The summed E-state index contributed by atoms with van der Waals surface area (Å²) in [6, 6.07) is 0. The van der Waals surface area contributed by atoms with Crippen molar-refractivity contribution < 1.29 is 4.74 Å². The van der Waals surface area contributed by atoms with Crippen LogP contribution in [0.3, 0.4) is 0 Å². The zero-order valence-corrected chi connectivity index (χ0v) is 7.01. The average Bonchev–Trinajstić information content (AvgIpc) is 2.04. The lowest BCUT2D eigenvalue weighted by molar-refractivity contribution is 0.153. The van der Waals surface area contributed by atoms with Crippen LogP contribution in [0, 0.1) is 0 Å². The lowest BCUT2D eigenvalue weighted by Gasteiger charge is -2.03. The van der Waals surface area contributed by atoms with Gasteiger partial charge in [-0.2, -0.15) is 0 Å². The fourth-order valence-corrected chi connectivity index (χ4v) is 0.605. The van der Waals surface area contributed by atoms with E-state index in [0.29, 0.717) is 13.2 Å². The number of ether oxygens (including phenoxy) is 1. The molecule has 64 valence electrons. The van der Waals surface area contributed by atoms with Gasteiger partial charge >= 0.3 is 0 Å². The summed E-state index contributed by atoms with van der Waals surface area (Å²) in [7, 11) is 0. The van der Waals surface area contributed by atoms with Crippen molar-refractivity contribution in [1.82, 2.24) is 0 Å². The quantitative estimate of drug-likeness (QED) is 0.446. The topological polar surface area (TPSA) is 35.2 Å². The lowest BCUT2D eigenvalue weighted by atomic mass is 10.3. The minimum absolute atomic E-state index is 0.515. The van der Waals surface area contributed by atoms with Gasteiger partial charge in [-0.1, -0.05) is 12.7 Å². The van der Waals surface area contributed by atoms with Crippen LogP contribution < -0.4 is 5.73 Å². The Labute approximate surface area is 68.7 Å². The van der Waals surface area contributed by atoms with E-state index in [0.717, 1.165) is 25.0 Å². The van der Waals surface area contributed by atoms with Gasteiger partial charge in [-0.3, -0.25) is 0 Å². The molecule has 0 saturated heterocycles. The molecule has 0 aliphatic heterocycles. The van der Waals surface area contributed by atoms with Crippen molar-refractivity contribution in [3.8, 4) is 0 Å². The van der Waals surface area contributed by atoms with E-state index in [1.165, 1.54) is 0 Å². The second kappa shape index (κ2) is 7.51. The summed E-state index contributed by atoms with van der Waals surface area (Å²) in [6.07, 6.45) is 3.93. The first kappa shape index (κ1) is 10.4. The molecule has 11 heavy (non-hydrogen) atoms. The van der Waals surface area contributed by atoms with Crippen LogP contribution in [-0.4, -0.2) is 19.8 Å². The molecule has 2 N–H and O–H groups in total. The van der Waals surface area contributed by atoms with Gasteiger partial charge in [0.05, 0.1) is 6.61 Å². The van der Waals surface area contributed by atoms with Gasteiger partial charge in [0.1, 0.15) is 0 Å². The monoisotopic (exact) mass is 155 g/mol. The maximum atomic E-state index is 5.32. The van der Waals surface area contributed by atoms with Crippen molar-refractivity contribution in [2.45, 2.75) is 12.8 Å². The Kier molecular flexibility index (Phi) is 7.10. The highest BCUT2D eigenvalue weighted by Crippen LogP contribution is 1.93. The molecule has 0 aromatic rings. The summed E-state index contributed by atoms with van der Waals surface area (Å²) in [5.41, 5.74) is 6.27. The van der Waals surface area contributed by atoms with Crippen molar-refractivity contribution in [2.75, 3.05) is 19.8 Å². The zero-order valence-electron chi connectivity index (χ0n) is 7.01. The number of unbranched alkanes of at least 4 members (excludes halogenated alkanes) is 1. The lowest BCUT2D eigenvalue weighted by Crippen LogP contribution is -2.08. The average molecular weight is 155 g/mol. The fourth-order valence-electron chi connectivity index (χ4n) is 0.605. The Hall–Kier alpha value is -0.600. The van der Waals surface area contributed by atoms with Crippen molar-refractivity contribution >= 4 is 0 Å². The molecule has 0 heterocycles. The van der Waals surface area contributed by atoms with Crippen LogP contribution >= 0.6 is 0 Å². The van der Waals surface area contributed by atoms with Gasteiger partial charge in [0.25, 0.3) is 0 Å². The van der Waals surface area contributed by atoms with Crippen LogP contribution in [0.1, 0.15) is 12.8 Å². The summed E-state index contributed by atoms with van der Waals surface area (Å²) >= 11 is 0. The molecule has 0 unspecified atom stereocenters. The second-order valence-corrected chi connectivity index (χ2v) is 2.44. The Morgan fingerprint density at radius 3 is 2.82 bits per heavy atom. The Morgan fingerprint density at radius 2 is 2.27 bits per heavy atom. The van der Waals surface area contributed by atoms with E-state index in [1.807, 2.05) is 6.08 Å². The minimum atomic E-state index is 0.515. The van der Waals surface area contributed by atoms with Gasteiger partial charge in [-0.05, 0) is 18.4 Å². The summed E-state index contributed by atoms with van der Waals surface area (Å²) in [5.74, 6) is 0. The van der Waals surface area contributed by atoms with Crippen LogP contribution in [0.4, 0.5) is 0 Å². The molecule has 0 aromatic carbocycles. The highest BCUT2D eigenvalue weighted by molar-refractivity contribution is 4.95. The maximum Gasteiger partial charge on any atom is 0.0686 e. The highest BCUT2D eigenvalue weighted by atomic mass is 16.5. The van der Waals surface area contributed by atoms with Gasteiger partial charge in [0.2, 0.25) is 0 Å². The minimum Gasteiger partial charge on any atom is -0.377 e. The predicted octanol–water partition coefficient (Wildman–Crippen LogP) is 1.48. The number of hydrogen-bond donors (Lipinski definition) is 1. The molecule has 0 atom stereocenters. The molecule has 0 saturated carbocycles. The molecule has 0 aromatic heterocycles. The van der Waals surface area contributed by atoms with Crippen LogP contribution in [-0.2, 0) is 4.74 Å². The van der Waals surface area contributed by atoms with E-state index in [1.54, 1.807) is 0 Å². The van der Waals surface area contributed by atoms with E-state index in [9.17, 15) is 0 Å². The Balaban J connectivity index is 3.01. The van der Waals surface area contributed by atoms with E-state index < -0.39 is 0 Å². The third-order valence-electron chi connectivity index (χ3n) is 1.29. The second-order valence-electron chi connectivity index (χ2n) is 2.44. The first-order chi connectivity index (χ1) is 5.31. The summed E-state index contributed by atoms with van der Waals surface area (Å²) < 4.78 is 5.26.